The van der Waals surface area contributed by atoms with Crippen LogP contribution in [0.25, 0.3) is 11.3 Å². The summed E-state index contributed by atoms with van der Waals surface area (Å²) in [7, 11) is 0. The zero-order valence-electron chi connectivity index (χ0n) is 10.8. The lowest BCUT2D eigenvalue weighted by Crippen LogP contribution is -1.87. The van der Waals surface area contributed by atoms with Crippen molar-refractivity contribution in [3.05, 3.63) is 62.2 Å². The molecule has 0 atom stereocenters. The molecule has 5 heteroatoms. The van der Waals surface area contributed by atoms with Crippen LogP contribution in [0, 0.1) is 6.92 Å². The topological polar surface area (TPSA) is 28.7 Å². The van der Waals surface area contributed by atoms with E-state index >= 15 is 0 Å². The van der Waals surface area contributed by atoms with Crippen LogP contribution in [0.2, 0.25) is 10.0 Å². The minimum absolute atomic E-state index is 0.548. The maximum Gasteiger partial charge on any atom is 0.112 e. The van der Waals surface area contributed by atoms with Crippen molar-refractivity contribution >= 4 is 34.5 Å². The molecule has 1 aromatic carbocycles. The minimum atomic E-state index is 0.548. The zero-order valence-corrected chi connectivity index (χ0v) is 13.1. The van der Waals surface area contributed by atoms with Crippen LogP contribution in [0.4, 0.5) is 0 Å². The molecule has 20 heavy (non-hydrogen) atoms. The molecule has 0 spiro atoms. The SMILES string of the molecule is Cc1[nH]c(Cc2cccs2)nc1-c1ccc(Cl)c(Cl)c1. The van der Waals surface area contributed by atoms with E-state index in [4.69, 9.17) is 23.2 Å². The van der Waals surface area contributed by atoms with E-state index in [-0.39, 0.29) is 0 Å². The highest BCUT2D eigenvalue weighted by molar-refractivity contribution is 7.09. The number of benzene rings is 1. The molecule has 0 saturated heterocycles. The fourth-order valence-electron chi connectivity index (χ4n) is 2.11. The summed E-state index contributed by atoms with van der Waals surface area (Å²) in [6, 6.07) is 9.75. The van der Waals surface area contributed by atoms with E-state index in [0.29, 0.717) is 10.0 Å². The number of nitrogens with one attached hydrogen (secondary N) is 1. The van der Waals surface area contributed by atoms with Gasteiger partial charge in [-0.15, -0.1) is 11.3 Å². The Balaban J connectivity index is 1.94. The van der Waals surface area contributed by atoms with Gasteiger partial charge in [0.05, 0.1) is 15.7 Å². The number of thiophene rings is 1. The van der Waals surface area contributed by atoms with Crippen molar-refractivity contribution in [1.29, 1.82) is 0 Å². The summed E-state index contributed by atoms with van der Waals surface area (Å²) in [6.07, 6.45) is 0.819. The van der Waals surface area contributed by atoms with Gasteiger partial charge < -0.3 is 4.98 Å². The third-order valence-corrected chi connectivity index (χ3v) is 4.66. The molecule has 102 valence electrons. The van der Waals surface area contributed by atoms with Gasteiger partial charge in [0.2, 0.25) is 0 Å². The molecule has 0 fully saturated rings. The maximum atomic E-state index is 6.07. The first-order valence-electron chi connectivity index (χ1n) is 6.17. The predicted molar refractivity (Wildman–Crippen MR) is 85.9 cm³/mol. The number of hydrogen-bond acceptors (Lipinski definition) is 2. The van der Waals surface area contributed by atoms with Gasteiger partial charge in [0.15, 0.2) is 0 Å². The van der Waals surface area contributed by atoms with E-state index in [0.717, 1.165) is 29.2 Å². The number of halogens is 2. The van der Waals surface area contributed by atoms with E-state index in [1.165, 1.54) is 4.88 Å². The highest BCUT2D eigenvalue weighted by Crippen LogP contribution is 2.29. The number of H-pyrrole nitrogens is 1. The zero-order chi connectivity index (χ0) is 14.1. The highest BCUT2D eigenvalue weighted by Gasteiger charge is 2.11. The molecular weight excluding hydrogens is 311 g/mol. The summed E-state index contributed by atoms with van der Waals surface area (Å²) >= 11 is 13.8. The normalized spacial score (nSPS) is 10.9. The number of rotatable bonds is 3. The summed E-state index contributed by atoms with van der Waals surface area (Å²) in [5, 5.41) is 3.18. The summed E-state index contributed by atoms with van der Waals surface area (Å²) in [5.74, 6) is 0.964. The Kier molecular flexibility index (Phi) is 3.83. The molecule has 0 radical (unpaired) electrons. The molecule has 3 rings (SSSR count). The van der Waals surface area contributed by atoms with Gasteiger partial charge in [0.25, 0.3) is 0 Å². The van der Waals surface area contributed by atoms with Crippen LogP contribution in [0.5, 0.6) is 0 Å². The largest absolute Gasteiger partial charge is 0.345 e. The molecule has 2 nitrogen and oxygen atoms in total. The number of nitrogens with zero attached hydrogens (tertiary/aromatic N) is 1. The summed E-state index contributed by atoms with van der Waals surface area (Å²) in [6.45, 7) is 2.02. The lowest BCUT2D eigenvalue weighted by atomic mass is 10.1. The maximum absolute atomic E-state index is 6.07. The van der Waals surface area contributed by atoms with Gasteiger partial charge in [-0.25, -0.2) is 4.98 Å². The first-order chi connectivity index (χ1) is 9.63. The quantitative estimate of drug-likeness (QED) is 0.692. The molecule has 0 amide bonds. The minimum Gasteiger partial charge on any atom is -0.345 e. The Morgan fingerprint density at radius 1 is 1.20 bits per heavy atom. The van der Waals surface area contributed by atoms with E-state index in [9.17, 15) is 0 Å². The molecule has 0 bridgehead atoms. The van der Waals surface area contributed by atoms with Gasteiger partial charge in [-0.05, 0) is 30.5 Å². The van der Waals surface area contributed by atoms with Crippen LogP contribution in [0.1, 0.15) is 16.4 Å². The van der Waals surface area contributed by atoms with Gasteiger partial charge in [-0.1, -0.05) is 35.3 Å². The van der Waals surface area contributed by atoms with Crippen LogP contribution in [0.15, 0.2) is 35.7 Å². The van der Waals surface area contributed by atoms with Crippen LogP contribution in [-0.2, 0) is 6.42 Å². The molecule has 3 aromatic rings. The number of aromatic amines is 1. The number of hydrogen-bond donors (Lipinski definition) is 1. The summed E-state index contributed by atoms with van der Waals surface area (Å²) in [4.78, 5) is 9.30. The van der Waals surface area contributed by atoms with Gasteiger partial charge in [0, 0.05) is 22.6 Å². The van der Waals surface area contributed by atoms with Crippen molar-refractivity contribution < 1.29 is 0 Å². The second-order valence-corrected chi connectivity index (χ2v) is 6.39. The van der Waals surface area contributed by atoms with E-state index < -0.39 is 0 Å². The first kappa shape index (κ1) is 13.7. The van der Waals surface area contributed by atoms with E-state index in [1.54, 1.807) is 17.4 Å². The summed E-state index contributed by atoms with van der Waals surface area (Å²) in [5.41, 5.74) is 2.94. The fraction of sp³-hybridized carbons (Fsp3) is 0.133. The van der Waals surface area contributed by atoms with Crippen molar-refractivity contribution in [2.45, 2.75) is 13.3 Å². The second kappa shape index (κ2) is 5.60. The third-order valence-electron chi connectivity index (χ3n) is 3.05. The summed E-state index contributed by atoms with van der Waals surface area (Å²) < 4.78 is 0. The van der Waals surface area contributed by atoms with Crippen molar-refractivity contribution in [1.82, 2.24) is 9.97 Å². The Morgan fingerprint density at radius 2 is 2.05 bits per heavy atom. The molecule has 1 N–H and O–H groups in total. The molecule has 2 heterocycles. The van der Waals surface area contributed by atoms with Crippen molar-refractivity contribution in [2.75, 3.05) is 0 Å². The van der Waals surface area contributed by atoms with Crippen molar-refractivity contribution in [3.63, 3.8) is 0 Å². The molecule has 2 aromatic heterocycles. The standard InChI is InChI=1S/C15H12Cl2N2S/c1-9-15(10-4-5-12(16)13(17)7-10)19-14(18-9)8-11-3-2-6-20-11/h2-7H,8H2,1H3,(H,18,19). The van der Waals surface area contributed by atoms with Crippen molar-refractivity contribution in [2.24, 2.45) is 0 Å². The van der Waals surface area contributed by atoms with E-state index in [2.05, 4.69) is 27.5 Å². The Bertz CT molecular complexity index is 732. The average molecular weight is 323 g/mol. The molecule has 0 saturated carbocycles. The second-order valence-electron chi connectivity index (χ2n) is 4.54. The Labute approximate surface area is 131 Å². The van der Waals surface area contributed by atoms with Gasteiger partial charge in [0.1, 0.15) is 5.82 Å². The van der Waals surface area contributed by atoms with Crippen molar-refractivity contribution in [3.8, 4) is 11.3 Å². The molecular formula is C15H12Cl2N2S. The van der Waals surface area contributed by atoms with Gasteiger partial charge in [-0.2, -0.15) is 0 Å². The Morgan fingerprint density at radius 3 is 2.75 bits per heavy atom. The predicted octanol–water partition coefficient (Wildman–Crippen LogP) is 5.34. The number of aryl methyl sites for hydroxylation is 1. The lowest BCUT2D eigenvalue weighted by Gasteiger charge is -2.01. The molecule has 0 aliphatic carbocycles. The van der Waals surface area contributed by atoms with Crippen LogP contribution in [0.3, 0.4) is 0 Å². The highest BCUT2D eigenvalue weighted by atomic mass is 35.5. The van der Waals surface area contributed by atoms with Crippen LogP contribution >= 0.6 is 34.5 Å². The lowest BCUT2D eigenvalue weighted by molar-refractivity contribution is 1.03. The van der Waals surface area contributed by atoms with E-state index in [1.807, 2.05) is 19.1 Å². The smallest absolute Gasteiger partial charge is 0.112 e. The molecule has 0 aliphatic heterocycles. The van der Waals surface area contributed by atoms with Crippen LogP contribution < -0.4 is 0 Å². The number of imidazole rings is 1. The van der Waals surface area contributed by atoms with Gasteiger partial charge >= 0.3 is 0 Å². The first-order valence-corrected chi connectivity index (χ1v) is 7.80. The van der Waals surface area contributed by atoms with Crippen LogP contribution in [-0.4, -0.2) is 9.97 Å². The Hall–Kier alpha value is -1.29. The van der Waals surface area contributed by atoms with Gasteiger partial charge in [-0.3, -0.25) is 0 Å². The third kappa shape index (κ3) is 2.75. The molecule has 0 aliphatic rings. The number of aromatic nitrogens is 2. The fourth-order valence-corrected chi connectivity index (χ4v) is 3.12. The average Bonchev–Trinajstić information content (AvgIpc) is 3.03. The monoisotopic (exact) mass is 322 g/mol. The molecule has 0 unspecified atom stereocenters.